The van der Waals surface area contributed by atoms with E-state index in [9.17, 15) is 20.0 Å². The molecule has 1 aliphatic carbocycles. The van der Waals surface area contributed by atoms with Crippen molar-refractivity contribution in [3.8, 4) is 0 Å². The van der Waals surface area contributed by atoms with E-state index in [1.54, 1.807) is 13.8 Å². The average Bonchev–Trinajstić information content (AvgIpc) is 2.38. The van der Waals surface area contributed by atoms with E-state index in [0.29, 0.717) is 31.4 Å². The quantitative estimate of drug-likeness (QED) is 0.402. The van der Waals surface area contributed by atoms with Crippen LogP contribution in [0, 0.1) is 16.0 Å². The summed E-state index contributed by atoms with van der Waals surface area (Å²) in [6.07, 6.45) is 2.03. The van der Waals surface area contributed by atoms with Crippen LogP contribution in [0.15, 0.2) is 5.10 Å². The van der Waals surface area contributed by atoms with Crippen LogP contribution in [-0.4, -0.2) is 32.9 Å². The summed E-state index contributed by atoms with van der Waals surface area (Å²) >= 11 is 0. The molecule has 0 radical (unpaired) electrons. The fraction of sp³-hybridized carbons (Fsp3) is 0.846. The van der Waals surface area contributed by atoms with Crippen molar-refractivity contribution in [2.75, 3.05) is 0 Å². The third-order valence-corrected chi connectivity index (χ3v) is 4.38. The maximum Gasteiger partial charge on any atom is 0.332 e. The molecule has 8 nitrogen and oxygen atoms in total. The average molecular weight is 300 g/mol. The zero-order valence-corrected chi connectivity index (χ0v) is 12.8. The second kappa shape index (κ2) is 6.38. The lowest BCUT2D eigenvalue weighted by atomic mass is 9.65. The number of hydrogen-bond donors (Lipinski definition) is 3. The predicted octanol–water partition coefficient (Wildman–Crippen LogP) is 1.40. The first-order valence-electron chi connectivity index (χ1n) is 7.11. The molecule has 0 aromatic carbocycles. The number of rotatable bonds is 5. The smallest absolute Gasteiger partial charge is 0.332 e. The maximum atomic E-state index is 11.5. The number of nitro groups is 1. The van der Waals surface area contributed by atoms with Gasteiger partial charge in [-0.2, -0.15) is 5.10 Å². The van der Waals surface area contributed by atoms with Gasteiger partial charge >= 0.3 is 6.03 Å². The molecular weight excluding hydrogens is 276 g/mol. The van der Waals surface area contributed by atoms with Gasteiger partial charge in [-0.05, 0) is 26.7 Å². The number of urea groups is 1. The van der Waals surface area contributed by atoms with Crippen molar-refractivity contribution in [2.24, 2.45) is 16.8 Å². The molecule has 120 valence electrons. The van der Waals surface area contributed by atoms with E-state index < -0.39 is 23.1 Å². The molecule has 0 aliphatic heterocycles. The highest BCUT2D eigenvalue weighted by molar-refractivity contribution is 5.87. The van der Waals surface area contributed by atoms with Crippen molar-refractivity contribution in [1.29, 1.82) is 0 Å². The number of primary amides is 1. The van der Waals surface area contributed by atoms with Gasteiger partial charge in [0.05, 0.1) is 5.60 Å². The summed E-state index contributed by atoms with van der Waals surface area (Å²) in [6, 6.07) is -0.807. The number of aliphatic hydroxyl groups is 1. The Bertz CT molecular complexity index is 449. The molecule has 1 aliphatic rings. The van der Waals surface area contributed by atoms with Gasteiger partial charge in [-0.15, -0.1) is 0 Å². The van der Waals surface area contributed by atoms with Crippen LogP contribution in [0.25, 0.3) is 0 Å². The topological polar surface area (TPSA) is 131 Å². The molecule has 0 unspecified atom stereocenters. The second-order valence-electron chi connectivity index (χ2n) is 6.07. The summed E-state index contributed by atoms with van der Waals surface area (Å²) in [5.41, 5.74) is 5.40. The number of hydrogen-bond acceptors (Lipinski definition) is 5. The Hall–Kier alpha value is -1.70. The fourth-order valence-electron chi connectivity index (χ4n) is 3.13. The standard InChI is InChI=1S/C13H24N4O4/c1-4-5-13(17(20)21)7-6-12(3,19)10(8-13)9(2)15-16-11(14)18/h10,19H,4-8H2,1-3H3,(H3,14,16,18)/b15-9-/t10-,12+,13-/m0/s1. The van der Waals surface area contributed by atoms with E-state index in [1.165, 1.54) is 0 Å². The van der Waals surface area contributed by atoms with E-state index >= 15 is 0 Å². The molecular formula is C13H24N4O4. The molecule has 4 N–H and O–H groups in total. The van der Waals surface area contributed by atoms with Crippen molar-refractivity contribution < 1.29 is 14.8 Å². The SMILES string of the molecule is CCC[C@]1([N+](=O)[O-])CC[C@@](C)(O)[C@H](/C(C)=N\NC(N)=O)C1. The lowest BCUT2D eigenvalue weighted by Gasteiger charge is -2.43. The number of carbonyl (C=O) groups excluding carboxylic acids is 1. The molecule has 0 spiro atoms. The molecule has 8 heteroatoms. The van der Waals surface area contributed by atoms with Gasteiger partial charge in [0.2, 0.25) is 5.54 Å². The summed E-state index contributed by atoms with van der Waals surface area (Å²) in [4.78, 5) is 22.0. The predicted molar refractivity (Wildman–Crippen MR) is 78.4 cm³/mol. The molecule has 1 rings (SSSR count). The van der Waals surface area contributed by atoms with E-state index in [4.69, 9.17) is 5.73 Å². The first-order valence-corrected chi connectivity index (χ1v) is 7.11. The van der Waals surface area contributed by atoms with Crippen molar-refractivity contribution in [1.82, 2.24) is 5.43 Å². The van der Waals surface area contributed by atoms with Crippen LogP contribution in [0.1, 0.15) is 52.9 Å². The minimum absolute atomic E-state index is 0.205. The molecule has 21 heavy (non-hydrogen) atoms. The van der Waals surface area contributed by atoms with Gasteiger partial charge in [-0.3, -0.25) is 10.1 Å². The van der Waals surface area contributed by atoms with Crippen LogP contribution < -0.4 is 11.2 Å². The third kappa shape index (κ3) is 3.90. The molecule has 0 aromatic rings. The van der Waals surface area contributed by atoms with Crippen LogP contribution in [0.3, 0.4) is 0 Å². The van der Waals surface area contributed by atoms with Gasteiger partial charge in [0.25, 0.3) is 0 Å². The largest absolute Gasteiger partial charge is 0.389 e. The summed E-state index contributed by atoms with van der Waals surface area (Å²) in [6.45, 7) is 5.19. The Balaban J connectivity index is 3.05. The summed E-state index contributed by atoms with van der Waals surface area (Å²) in [5.74, 6) is -0.491. The number of hydrazone groups is 1. The third-order valence-electron chi connectivity index (χ3n) is 4.38. The van der Waals surface area contributed by atoms with Crippen LogP contribution in [0.5, 0.6) is 0 Å². The summed E-state index contributed by atoms with van der Waals surface area (Å²) in [5, 5.41) is 25.8. The molecule has 0 heterocycles. The van der Waals surface area contributed by atoms with E-state index in [-0.39, 0.29) is 11.3 Å². The molecule has 3 atom stereocenters. The molecule has 1 saturated carbocycles. The summed E-state index contributed by atoms with van der Waals surface area (Å²) in [7, 11) is 0. The molecule has 0 bridgehead atoms. The Morgan fingerprint density at radius 2 is 2.19 bits per heavy atom. The van der Waals surface area contributed by atoms with E-state index in [0.717, 1.165) is 0 Å². The number of nitrogens with two attached hydrogens (primary N) is 1. The summed E-state index contributed by atoms with van der Waals surface area (Å²) < 4.78 is 0. The van der Waals surface area contributed by atoms with Crippen molar-refractivity contribution >= 4 is 11.7 Å². The maximum absolute atomic E-state index is 11.5. The van der Waals surface area contributed by atoms with Crippen LogP contribution in [-0.2, 0) is 0 Å². The Kier molecular flexibility index (Phi) is 5.27. The number of carbonyl (C=O) groups is 1. The van der Waals surface area contributed by atoms with Crippen LogP contribution in [0.4, 0.5) is 4.79 Å². The van der Waals surface area contributed by atoms with Gasteiger partial charge in [0, 0.05) is 35.8 Å². The zero-order valence-electron chi connectivity index (χ0n) is 12.8. The highest BCUT2D eigenvalue weighted by Gasteiger charge is 2.53. The van der Waals surface area contributed by atoms with E-state index in [1.807, 2.05) is 6.92 Å². The lowest BCUT2D eigenvalue weighted by Crippen LogP contribution is -2.54. The van der Waals surface area contributed by atoms with E-state index in [2.05, 4.69) is 10.5 Å². The number of amides is 2. The first-order chi connectivity index (χ1) is 9.64. The number of nitrogens with zero attached hydrogens (tertiary/aromatic N) is 2. The molecule has 1 fully saturated rings. The minimum atomic E-state index is -1.08. The lowest BCUT2D eigenvalue weighted by molar-refractivity contribution is -0.579. The fourth-order valence-corrected chi connectivity index (χ4v) is 3.13. The highest BCUT2D eigenvalue weighted by Crippen LogP contribution is 2.43. The van der Waals surface area contributed by atoms with Gasteiger partial charge in [-0.1, -0.05) is 6.92 Å². The van der Waals surface area contributed by atoms with Gasteiger partial charge < -0.3 is 10.8 Å². The van der Waals surface area contributed by atoms with Crippen LogP contribution in [0.2, 0.25) is 0 Å². The zero-order chi connectivity index (χ0) is 16.3. The van der Waals surface area contributed by atoms with Gasteiger partial charge in [-0.25, -0.2) is 10.2 Å². The van der Waals surface area contributed by atoms with Gasteiger partial charge in [0.15, 0.2) is 0 Å². The number of nitrogens with one attached hydrogen (secondary N) is 1. The normalized spacial score (nSPS) is 33.5. The van der Waals surface area contributed by atoms with Crippen LogP contribution >= 0.6 is 0 Å². The Labute approximate surface area is 123 Å². The Morgan fingerprint density at radius 1 is 1.57 bits per heavy atom. The highest BCUT2D eigenvalue weighted by atomic mass is 16.6. The van der Waals surface area contributed by atoms with Crippen molar-refractivity contribution in [2.45, 2.75) is 64.0 Å². The first kappa shape index (κ1) is 17.4. The molecule has 0 aromatic heterocycles. The van der Waals surface area contributed by atoms with Gasteiger partial charge in [0.1, 0.15) is 0 Å². The van der Waals surface area contributed by atoms with Crippen molar-refractivity contribution in [3.05, 3.63) is 10.1 Å². The molecule has 0 saturated heterocycles. The monoisotopic (exact) mass is 300 g/mol. The molecule has 2 amide bonds. The second-order valence-corrected chi connectivity index (χ2v) is 6.07. The van der Waals surface area contributed by atoms with Crippen molar-refractivity contribution in [3.63, 3.8) is 0 Å². The minimum Gasteiger partial charge on any atom is -0.389 e. The Morgan fingerprint density at radius 3 is 2.67 bits per heavy atom.